The smallest absolute Gasteiger partial charge is 0.224 e. The van der Waals surface area contributed by atoms with Crippen LogP contribution in [0.15, 0.2) is 85.1 Å². The largest absolute Gasteiger partial charge is 0.493 e. The van der Waals surface area contributed by atoms with E-state index in [2.05, 4.69) is 50.0 Å². The summed E-state index contributed by atoms with van der Waals surface area (Å²) >= 11 is 0. The number of likely N-dealkylation sites (tertiary alicyclic amines) is 1. The van der Waals surface area contributed by atoms with Crippen LogP contribution < -0.4 is 24.8 Å². The minimum absolute atomic E-state index is 0.0374. The predicted octanol–water partition coefficient (Wildman–Crippen LogP) is 5.51. The molecule has 10 nitrogen and oxygen atoms in total. The predicted molar refractivity (Wildman–Crippen MR) is 175 cm³/mol. The van der Waals surface area contributed by atoms with Crippen molar-refractivity contribution in [2.24, 2.45) is 0 Å². The SMILES string of the molecule is COc1cc(Nc2ccc(-n3cc(CC(=O)NC4CCN(Cc5ccccc5)CC4)c4ccccc43)nn2)cc(OC)c1OC. The zero-order valence-electron chi connectivity index (χ0n) is 25.8. The molecule has 0 saturated carbocycles. The first kappa shape index (κ1) is 30.0. The first-order valence-electron chi connectivity index (χ1n) is 15.1. The summed E-state index contributed by atoms with van der Waals surface area (Å²) in [6.07, 6.45) is 4.19. The third kappa shape index (κ3) is 6.86. The van der Waals surface area contributed by atoms with E-state index in [0.29, 0.717) is 41.0 Å². The number of amides is 1. The third-order valence-corrected chi connectivity index (χ3v) is 8.18. The van der Waals surface area contributed by atoms with Crippen LogP contribution in [-0.2, 0) is 17.8 Å². The number of piperidine rings is 1. The van der Waals surface area contributed by atoms with E-state index in [0.717, 1.165) is 48.9 Å². The number of nitrogens with zero attached hydrogens (tertiary/aromatic N) is 4. The van der Waals surface area contributed by atoms with Crippen LogP contribution >= 0.6 is 0 Å². The lowest BCUT2D eigenvalue weighted by Gasteiger charge is -2.32. The molecule has 1 aliphatic rings. The van der Waals surface area contributed by atoms with Crippen LogP contribution in [0, 0.1) is 0 Å². The maximum Gasteiger partial charge on any atom is 0.224 e. The number of nitrogens with one attached hydrogen (secondary N) is 2. The maximum absolute atomic E-state index is 13.2. The van der Waals surface area contributed by atoms with Crippen molar-refractivity contribution in [3.05, 3.63) is 96.2 Å². The molecule has 6 rings (SSSR count). The van der Waals surface area contributed by atoms with Crippen LogP contribution in [0.25, 0.3) is 16.7 Å². The molecule has 232 valence electrons. The molecule has 3 aromatic carbocycles. The quantitative estimate of drug-likeness (QED) is 0.203. The highest BCUT2D eigenvalue weighted by Crippen LogP contribution is 2.40. The number of carbonyl (C=O) groups excluding carboxylic acids is 1. The van der Waals surface area contributed by atoms with E-state index >= 15 is 0 Å². The van der Waals surface area contributed by atoms with Gasteiger partial charge >= 0.3 is 0 Å². The number of anilines is 2. The van der Waals surface area contributed by atoms with E-state index in [1.54, 1.807) is 21.3 Å². The molecule has 0 atom stereocenters. The van der Waals surface area contributed by atoms with Gasteiger partial charge in [-0.25, -0.2) is 0 Å². The molecular weight excluding hydrogens is 568 g/mol. The van der Waals surface area contributed by atoms with Gasteiger partial charge in [0.2, 0.25) is 11.7 Å². The summed E-state index contributed by atoms with van der Waals surface area (Å²) in [5.74, 6) is 2.83. The highest BCUT2D eigenvalue weighted by Gasteiger charge is 2.22. The number of carbonyl (C=O) groups is 1. The molecule has 10 heteroatoms. The molecule has 1 amide bonds. The number of para-hydroxylation sites is 1. The van der Waals surface area contributed by atoms with Crippen LogP contribution in [0.4, 0.5) is 11.5 Å². The van der Waals surface area contributed by atoms with Crippen LogP contribution in [0.5, 0.6) is 17.2 Å². The Labute approximate surface area is 262 Å². The van der Waals surface area contributed by atoms with Crippen molar-refractivity contribution < 1.29 is 19.0 Å². The molecule has 2 N–H and O–H groups in total. The molecule has 1 aliphatic heterocycles. The van der Waals surface area contributed by atoms with Gasteiger partial charge in [0.15, 0.2) is 23.1 Å². The Balaban J connectivity index is 1.12. The first-order valence-corrected chi connectivity index (χ1v) is 15.1. The number of benzene rings is 3. The molecule has 45 heavy (non-hydrogen) atoms. The average molecular weight is 607 g/mol. The Morgan fingerprint density at radius 3 is 2.24 bits per heavy atom. The molecule has 0 bridgehead atoms. The molecular formula is C35H38N6O4. The maximum atomic E-state index is 13.2. The van der Waals surface area contributed by atoms with Crippen LogP contribution in [-0.4, -0.2) is 66.0 Å². The van der Waals surface area contributed by atoms with Crippen molar-refractivity contribution in [1.29, 1.82) is 0 Å². The van der Waals surface area contributed by atoms with E-state index < -0.39 is 0 Å². The number of methoxy groups -OCH3 is 3. The van der Waals surface area contributed by atoms with Gasteiger partial charge in [-0.15, -0.1) is 10.2 Å². The standard InChI is InChI=1S/C35H38N6O4/c1-43-30-20-27(21-31(44-2)35(30)45-3)36-32-13-14-33(39-38-32)41-23-25(28-11-7-8-12-29(28)41)19-34(42)37-26-15-17-40(18-16-26)22-24-9-5-4-6-10-24/h4-14,20-21,23,26H,15-19,22H2,1-3H3,(H,36,38)(H,37,42). The summed E-state index contributed by atoms with van der Waals surface area (Å²) in [7, 11) is 4.72. The minimum Gasteiger partial charge on any atom is -0.493 e. The minimum atomic E-state index is 0.0374. The Bertz CT molecular complexity index is 1720. The lowest BCUT2D eigenvalue weighted by molar-refractivity contribution is -0.121. The number of hydrogen-bond acceptors (Lipinski definition) is 8. The van der Waals surface area contributed by atoms with E-state index in [1.165, 1.54) is 5.56 Å². The van der Waals surface area contributed by atoms with Gasteiger partial charge in [-0.05, 0) is 42.2 Å². The molecule has 0 spiro atoms. The fourth-order valence-electron chi connectivity index (χ4n) is 5.93. The Morgan fingerprint density at radius 2 is 1.58 bits per heavy atom. The first-order chi connectivity index (χ1) is 22.0. The zero-order valence-corrected chi connectivity index (χ0v) is 25.8. The van der Waals surface area contributed by atoms with Crippen molar-refractivity contribution in [3.8, 4) is 23.1 Å². The molecule has 0 aliphatic carbocycles. The number of hydrogen-bond donors (Lipinski definition) is 2. The van der Waals surface area contributed by atoms with Crippen molar-refractivity contribution in [2.75, 3.05) is 39.7 Å². The van der Waals surface area contributed by atoms with Gasteiger partial charge in [0.05, 0.1) is 33.3 Å². The van der Waals surface area contributed by atoms with Gasteiger partial charge in [-0.3, -0.25) is 14.3 Å². The summed E-state index contributed by atoms with van der Waals surface area (Å²) in [5, 5.41) is 16.5. The number of fused-ring (bicyclic) bond motifs is 1. The van der Waals surface area contributed by atoms with Crippen LogP contribution in [0.1, 0.15) is 24.0 Å². The topological polar surface area (TPSA) is 103 Å². The zero-order chi connectivity index (χ0) is 31.2. The Morgan fingerprint density at radius 1 is 0.867 bits per heavy atom. The highest BCUT2D eigenvalue weighted by molar-refractivity contribution is 5.90. The van der Waals surface area contributed by atoms with Crippen molar-refractivity contribution in [2.45, 2.75) is 31.8 Å². The summed E-state index contributed by atoms with van der Waals surface area (Å²) in [6, 6.07) is 26.2. The fourth-order valence-corrected chi connectivity index (χ4v) is 5.93. The van der Waals surface area contributed by atoms with E-state index in [4.69, 9.17) is 14.2 Å². The number of rotatable bonds is 11. The van der Waals surface area contributed by atoms with Crippen LogP contribution in [0.2, 0.25) is 0 Å². The van der Waals surface area contributed by atoms with E-state index in [-0.39, 0.29) is 11.9 Å². The number of aromatic nitrogens is 3. The van der Waals surface area contributed by atoms with Crippen molar-refractivity contribution >= 4 is 28.3 Å². The Kier molecular flexibility index (Phi) is 9.11. The van der Waals surface area contributed by atoms with Gasteiger partial charge in [-0.1, -0.05) is 48.5 Å². The lowest BCUT2D eigenvalue weighted by atomic mass is 10.0. The molecule has 3 heterocycles. The second kappa shape index (κ2) is 13.7. The van der Waals surface area contributed by atoms with Crippen molar-refractivity contribution in [3.63, 3.8) is 0 Å². The lowest BCUT2D eigenvalue weighted by Crippen LogP contribution is -2.44. The Hall–Kier alpha value is -5.09. The van der Waals surface area contributed by atoms with Gasteiger partial charge in [0.25, 0.3) is 0 Å². The molecule has 5 aromatic rings. The van der Waals surface area contributed by atoms with Gasteiger partial charge < -0.3 is 24.8 Å². The normalized spacial score (nSPS) is 13.8. The summed E-state index contributed by atoms with van der Waals surface area (Å²) in [6.45, 7) is 2.90. The molecule has 1 saturated heterocycles. The van der Waals surface area contributed by atoms with E-state index in [9.17, 15) is 4.79 Å². The van der Waals surface area contributed by atoms with Gasteiger partial charge in [0.1, 0.15) is 0 Å². The monoisotopic (exact) mass is 606 g/mol. The second-order valence-corrected chi connectivity index (χ2v) is 11.1. The van der Waals surface area contributed by atoms with Gasteiger partial charge in [0, 0.05) is 55.1 Å². The number of ether oxygens (including phenoxy) is 3. The summed E-state index contributed by atoms with van der Waals surface area (Å²) < 4.78 is 18.3. The van der Waals surface area contributed by atoms with Crippen molar-refractivity contribution in [1.82, 2.24) is 25.0 Å². The van der Waals surface area contributed by atoms with E-state index in [1.807, 2.05) is 65.4 Å². The van der Waals surface area contributed by atoms with Crippen LogP contribution in [0.3, 0.4) is 0 Å². The average Bonchev–Trinajstić information content (AvgIpc) is 3.44. The summed E-state index contributed by atoms with van der Waals surface area (Å²) in [4.78, 5) is 15.7. The van der Waals surface area contributed by atoms with Gasteiger partial charge in [-0.2, -0.15) is 0 Å². The molecule has 0 radical (unpaired) electrons. The highest BCUT2D eigenvalue weighted by atomic mass is 16.5. The molecule has 1 fully saturated rings. The molecule has 0 unspecified atom stereocenters. The second-order valence-electron chi connectivity index (χ2n) is 11.1. The third-order valence-electron chi connectivity index (χ3n) is 8.18. The fraction of sp³-hybridized carbons (Fsp3) is 0.286. The summed E-state index contributed by atoms with van der Waals surface area (Å²) in [5.41, 5.74) is 3.96. The molecule has 2 aromatic heterocycles.